The molecule has 3 nitrogen and oxygen atoms in total. The third-order valence-corrected chi connectivity index (χ3v) is 0.494. The van der Waals surface area contributed by atoms with Gasteiger partial charge in [0.15, 0.2) is 0 Å². The molecule has 2 atom stereocenters. The second kappa shape index (κ2) is 2.12. The summed E-state index contributed by atoms with van der Waals surface area (Å²) in [5.41, 5.74) is 4.74. The number of aliphatic hydroxyl groups excluding tert-OH is 2. The van der Waals surface area contributed by atoms with Crippen molar-refractivity contribution < 1.29 is 10.2 Å². The van der Waals surface area contributed by atoms with Gasteiger partial charge in [-0.1, -0.05) is 0 Å². The molecule has 0 heterocycles. The molecule has 0 saturated heterocycles. The van der Waals surface area contributed by atoms with Crippen LogP contribution in [0, 0.1) is 0 Å². The number of hydrogen-bond donors (Lipinski definition) is 3. The molecule has 0 aliphatic heterocycles. The van der Waals surface area contributed by atoms with Gasteiger partial charge >= 0.3 is 0 Å². The minimum atomic E-state index is -1.09. The summed E-state index contributed by atoms with van der Waals surface area (Å²) < 4.78 is 0. The van der Waals surface area contributed by atoms with E-state index in [4.69, 9.17) is 15.9 Å². The van der Waals surface area contributed by atoms with E-state index in [0.717, 1.165) is 0 Å². The van der Waals surface area contributed by atoms with Crippen LogP contribution >= 0.6 is 0 Å². The Morgan fingerprint density at radius 1 is 1.50 bits per heavy atom. The maximum atomic E-state index is 8.25. The standard InChI is InChI=1S/C3H9NO2/c1-2(5)3(4)6/h2-3,5-6H,4H2,1H3/t2-,3+/m1/s1. The molecular weight excluding hydrogens is 82.0 g/mol. The normalized spacial score (nSPS) is 20.0. The van der Waals surface area contributed by atoms with Gasteiger partial charge in [-0.05, 0) is 6.92 Å². The van der Waals surface area contributed by atoms with Crippen molar-refractivity contribution in [2.24, 2.45) is 5.73 Å². The molecule has 0 saturated carbocycles. The Balaban J connectivity index is 2.99. The lowest BCUT2D eigenvalue weighted by atomic mass is 10.4. The summed E-state index contributed by atoms with van der Waals surface area (Å²) in [6.07, 6.45) is -1.91. The smallest absolute Gasteiger partial charge is 0.128 e. The van der Waals surface area contributed by atoms with Crippen LogP contribution in [0.3, 0.4) is 0 Å². The zero-order valence-corrected chi connectivity index (χ0v) is 3.63. The molecule has 6 heavy (non-hydrogen) atoms. The molecule has 0 aromatic rings. The molecule has 0 aromatic carbocycles. The van der Waals surface area contributed by atoms with Crippen molar-refractivity contribution in [3.63, 3.8) is 0 Å². The largest absolute Gasteiger partial charge is 0.389 e. The van der Waals surface area contributed by atoms with Crippen LogP contribution in [0.4, 0.5) is 0 Å². The predicted octanol–water partition coefficient (Wildman–Crippen LogP) is -1.36. The lowest BCUT2D eigenvalue weighted by Crippen LogP contribution is -2.31. The Hall–Kier alpha value is -0.120. The fourth-order valence-corrected chi connectivity index (χ4v) is 0. The first-order chi connectivity index (χ1) is 2.64. The van der Waals surface area contributed by atoms with Gasteiger partial charge in [0, 0.05) is 0 Å². The van der Waals surface area contributed by atoms with Gasteiger partial charge in [-0.25, -0.2) is 0 Å². The van der Waals surface area contributed by atoms with E-state index in [1.807, 2.05) is 0 Å². The van der Waals surface area contributed by atoms with Crippen molar-refractivity contribution in [3.8, 4) is 0 Å². The molecule has 0 aliphatic carbocycles. The topological polar surface area (TPSA) is 66.5 Å². The summed E-state index contributed by atoms with van der Waals surface area (Å²) in [5.74, 6) is 0. The maximum Gasteiger partial charge on any atom is 0.128 e. The highest BCUT2D eigenvalue weighted by Crippen LogP contribution is 1.78. The van der Waals surface area contributed by atoms with E-state index in [1.165, 1.54) is 6.92 Å². The van der Waals surface area contributed by atoms with Crippen molar-refractivity contribution in [2.45, 2.75) is 19.3 Å². The summed E-state index contributed by atoms with van der Waals surface area (Å²) in [4.78, 5) is 0. The van der Waals surface area contributed by atoms with E-state index < -0.39 is 12.3 Å². The number of nitrogens with two attached hydrogens (primary N) is 1. The molecule has 38 valence electrons. The van der Waals surface area contributed by atoms with Gasteiger partial charge < -0.3 is 15.9 Å². The van der Waals surface area contributed by atoms with Crippen LogP contribution < -0.4 is 5.73 Å². The Bertz CT molecular complexity index is 29.8. The van der Waals surface area contributed by atoms with Gasteiger partial charge in [-0.2, -0.15) is 0 Å². The molecule has 0 unspecified atom stereocenters. The van der Waals surface area contributed by atoms with Crippen LogP contribution in [0.5, 0.6) is 0 Å². The average molecular weight is 91.1 g/mol. The molecule has 4 N–H and O–H groups in total. The minimum absolute atomic E-state index is 0.815. The SMILES string of the molecule is C[C@@H](O)[C@@H](N)O. The van der Waals surface area contributed by atoms with Gasteiger partial charge in [0.1, 0.15) is 6.23 Å². The van der Waals surface area contributed by atoms with Gasteiger partial charge in [0.05, 0.1) is 6.10 Å². The van der Waals surface area contributed by atoms with Crippen LogP contribution in [-0.4, -0.2) is 22.5 Å². The number of hydrogen-bond acceptors (Lipinski definition) is 3. The van der Waals surface area contributed by atoms with E-state index in [2.05, 4.69) is 0 Å². The van der Waals surface area contributed by atoms with Gasteiger partial charge in [-0.3, -0.25) is 0 Å². The van der Waals surface area contributed by atoms with Crippen LogP contribution in [0.1, 0.15) is 6.92 Å². The fourth-order valence-electron chi connectivity index (χ4n) is 0. The second-order valence-electron chi connectivity index (χ2n) is 1.23. The van der Waals surface area contributed by atoms with E-state index in [9.17, 15) is 0 Å². The van der Waals surface area contributed by atoms with Crippen molar-refractivity contribution >= 4 is 0 Å². The van der Waals surface area contributed by atoms with E-state index in [0.29, 0.717) is 0 Å². The van der Waals surface area contributed by atoms with E-state index in [-0.39, 0.29) is 0 Å². The van der Waals surface area contributed by atoms with Gasteiger partial charge in [-0.15, -0.1) is 0 Å². The van der Waals surface area contributed by atoms with Gasteiger partial charge in [0.25, 0.3) is 0 Å². The highest BCUT2D eigenvalue weighted by molar-refractivity contribution is 4.48. The third kappa shape index (κ3) is 2.14. The van der Waals surface area contributed by atoms with Crippen molar-refractivity contribution in [1.29, 1.82) is 0 Å². The lowest BCUT2D eigenvalue weighted by Gasteiger charge is -2.03. The molecule has 0 aliphatic rings. The predicted molar refractivity (Wildman–Crippen MR) is 21.9 cm³/mol. The lowest BCUT2D eigenvalue weighted by molar-refractivity contribution is 0.0359. The van der Waals surface area contributed by atoms with Crippen LogP contribution in [0.25, 0.3) is 0 Å². The molecule has 0 fully saturated rings. The highest BCUT2D eigenvalue weighted by atomic mass is 16.3. The summed E-state index contributed by atoms with van der Waals surface area (Å²) in [6.45, 7) is 1.42. The molecule has 0 rings (SSSR count). The summed E-state index contributed by atoms with van der Waals surface area (Å²) >= 11 is 0. The van der Waals surface area contributed by atoms with Gasteiger partial charge in [0.2, 0.25) is 0 Å². The first-order valence-electron chi connectivity index (χ1n) is 1.76. The van der Waals surface area contributed by atoms with Crippen LogP contribution in [-0.2, 0) is 0 Å². The highest BCUT2D eigenvalue weighted by Gasteiger charge is 2.00. The maximum absolute atomic E-state index is 8.25. The quantitative estimate of drug-likeness (QED) is 0.349. The second-order valence-corrected chi connectivity index (χ2v) is 1.23. The molecular formula is C3H9NO2. The molecule has 0 bridgehead atoms. The first kappa shape index (κ1) is 5.88. The first-order valence-corrected chi connectivity index (χ1v) is 1.76. The molecule has 0 amide bonds. The Labute approximate surface area is 36.4 Å². The average Bonchev–Trinajstić information content (AvgIpc) is 1.36. The Kier molecular flexibility index (Phi) is 2.08. The monoisotopic (exact) mass is 91.1 g/mol. The number of rotatable bonds is 1. The zero-order valence-electron chi connectivity index (χ0n) is 3.63. The molecule has 0 aromatic heterocycles. The van der Waals surface area contributed by atoms with Crippen LogP contribution in [0.2, 0.25) is 0 Å². The molecule has 3 heteroatoms. The van der Waals surface area contributed by atoms with Crippen molar-refractivity contribution in [3.05, 3.63) is 0 Å². The summed E-state index contributed by atoms with van der Waals surface area (Å²) in [5, 5.41) is 16.4. The summed E-state index contributed by atoms with van der Waals surface area (Å²) in [6, 6.07) is 0. The minimum Gasteiger partial charge on any atom is -0.389 e. The Morgan fingerprint density at radius 3 is 1.67 bits per heavy atom. The zero-order chi connectivity index (χ0) is 5.15. The summed E-state index contributed by atoms with van der Waals surface area (Å²) in [7, 11) is 0. The van der Waals surface area contributed by atoms with Crippen molar-refractivity contribution in [2.75, 3.05) is 0 Å². The number of aliphatic hydroxyl groups is 2. The van der Waals surface area contributed by atoms with Crippen LogP contribution in [0.15, 0.2) is 0 Å². The van der Waals surface area contributed by atoms with Crippen molar-refractivity contribution in [1.82, 2.24) is 0 Å². The van der Waals surface area contributed by atoms with E-state index >= 15 is 0 Å². The Morgan fingerprint density at radius 2 is 1.67 bits per heavy atom. The molecule has 0 radical (unpaired) electrons. The third-order valence-electron chi connectivity index (χ3n) is 0.494. The molecule has 0 spiro atoms. The fraction of sp³-hybridized carbons (Fsp3) is 1.00. The van der Waals surface area contributed by atoms with E-state index in [1.54, 1.807) is 0 Å².